The Bertz CT molecular complexity index is 1360. The van der Waals surface area contributed by atoms with Crippen LogP contribution in [0.25, 0.3) is 0 Å². The van der Waals surface area contributed by atoms with Crippen LogP contribution in [0.1, 0.15) is 37.0 Å². The van der Waals surface area contributed by atoms with Gasteiger partial charge in [0.25, 0.3) is 0 Å². The number of carbonyl (C=O) groups is 2. The van der Waals surface area contributed by atoms with E-state index in [2.05, 4.69) is 5.32 Å². The highest BCUT2D eigenvalue weighted by Gasteiger charge is 2.33. The van der Waals surface area contributed by atoms with Crippen LogP contribution in [0.2, 0.25) is 0 Å². The molecule has 0 aliphatic rings. The molecule has 0 aromatic heterocycles. The van der Waals surface area contributed by atoms with Crippen LogP contribution in [0.15, 0.2) is 78.9 Å². The minimum Gasteiger partial charge on any atom is -0.352 e. The highest BCUT2D eigenvalue weighted by Crippen LogP contribution is 2.21. The van der Waals surface area contributed by atoms with Crippen molar-refractivity contribution >= 4 is 27.5 Å². The fraction of sp³-hybridized carbons (Fsp3) is 0.333. The lowest BCUT2D eigenvalue weighted by atomic mass is 10.0. The van der Waals surface area contributed by atoms with Crippen molar-refractivity contribution < 1.29 is 22.4 Å². The van der Waals surface area contributed by atoms with Crippen molar-refractivity contribution in [2.75, 3.05) is 17.1 Å². The molecule has 3 aromatic rings. The lowest BCUT2D eigenvalue weighted by molar-refractivity contribution is -0.140. The van der Waals surface area contributed by atoms with Crippen LogP contribution in [0.5, 0.6) is 0 Å². The van der Waals surface area contributed by atoms with Gasteiger partial charge in [-0.05, 0) is 61.2 Å². The van der Waals surface area contributed by atoms with Gasteiger partial charge in [0.15, 0.2) is 0 Å². The third-order valence-electron chi connectivity index (χ3n) is 6.67. The first-order valence-corrected chi connectivity index (χ1v) is 14.8. The maximum atomic E-state index is 14.0. The number of hydrogen-bond donors (Lipinski definition) is 1. The number of rotatable bonds is 12. The van der Waals surface area contributed by atoms with E-state index in [4.69, 9.17) is 0 Å². The second kappa shape index (κ2) is 13.4. The maximum absolute atomic E-state index is 14.0. The van der Waals surface area contributed by atoms with Crippen molar-refractivity contribution in [1.29, 1.82) is 0 Å². The first kappa shape index (κ1) is 29.8. The number of benzene rings is 3. The zero-order valence-electron chi connectivity index (χ0n) is 22.8. The molecule has 7 nitrogen and oxygen atoms in total. The lowest BCUT2D eigenvalue weighted by Gasteiger charge is -2.34. The number of nitrogens with zero attached hydrogens (tertiary/aromatic N) is 2. The number of amides is 2. The quantitative estimate of drug-likeness (QED) is 0.359. The summed E-state index contributed by atoms with van der Waals surface area (Å²) in [5.74, 6) is -1.39. The van der Waals surface area contributed by atoms with Crippen LogP contribution in [0.3, 0.4) is 0 Å². The molecule has 208 valence electrons. The van der Waals surface area contributed by atoms with Crippen LogP contribution >= 0.6 is 0 Å². The Kier molecular flexibility index (Phi) is 10.2. The summed E-state index contributed by atoms with van der Waals surface area (Å²) in [5, 5.41) is 3.00. The molecule has 2 atom stereocenters. The molecular weight excluding hydrogens is 517 g/mol. The lowest BCUT2D eigenvalue weighted by Crippen LogP contribution is -2.54. The van der Waals surface area contributed by atoms with Gasteiger partial charge in [0.1, 0.15) is 18.4 Å². The third-order valence-corrected chi connectivity index (χ3v) is 7.81. The molecule has 3 rings (SSSR count). The number of aryl methyl sites for hydroxylation is 1. The van der Waals surface area contributed by atoms with Gasteiger partial charge in [-0.2, -0.15) is 0 Å². The standard InChI is InChI=1S/C30H36FN3O4S/c1-5-23(3)32-30(36)28(19-24-12-7-6-8-13-24)33(20-25-14-10-9-11-22(25)2)29(35)21-34(39(4,37)38)27-17-15-26(31)16-18-27/h6-18,23,28H,5,19-21H2,1-4H3,(H,32,36)/t23-,28-/m1/s1. The van der Waals surface area contributed by atoms with Crippen LogP contribution in [0.4, 0.5) is 10.1 Å². The minimum absolute atomic E-state index is 0.109. The first-order valence-electron chi connectivity index (χ1n) is 12.9. The van der Waals surface area contributed by atoms with E-state index in [1.54, 1.807) is 0 Å². The molecule has 2 amide bonds. The van der Waals surface area contributed by atoms with Gasteiger partial charge in [-0.3, -0.25) is 13.9 Å². The summed E-state index contributed by atoms with van der Waals surface area (Å²) < 4.78 is 40.0. The molecule has 0 aliphatic heterocycles. The van der Waals surface area contributed by atoms with E-state index in [1.807, 2.05) is 75.4 Å². The molecule has 0 heterocycles. The summed E-state index contributed by atoms with van der Waals surface area (Å²) >= 11 is 0. The summed E-state index contributed by atoms with van der Waals surface area (Å²) in [4.78, 5) is 29.1. The molecule has 0 aliphatic carbocycles. The van der Waals surface area contributed by atoms with Crippen LogP contribution in [-0.2, 0) is 32.6 Å². The second-order valence-electron chi connectivity index (χ2n) is 9.72. The highest BCUT2D eigenvalue weighted by molar-refractivity contribution is 7.92. The molecule has 1 N–H and O–H groups in total. The minimum atomic E-state index is -3.91. The van der Waals surface area contributed by atoms with E-state index in [-0.39, 0.29) is 30.6 Å². The van der Waals surface area contributed by atoms with E-state index in [0.717, 1.165) is 39.4 Å². The molecule has 39 heavy (non-hydrogen) atoms. The maximum Gasteiger partial charge on any atom is 0.244 e. The number of hydrogen-bond acceptors (Lipinski definition) is 4. The predicted octanol–water partition coefficient (Wildman–Crippen LogP) is 4.45. The van der Waals surface area contributed by atoms with Crippen LogP contribution in [-0.4, -0.2) is 50.0 Å². The number of anilines is 1. The molecule has 0 radical (unpaired) electrons. The zero-order valence-corrected chi connectivity index (χ0v) is 23.6. The zero-order chi connectivity index (χ0) is 28.6. The summed E-state index contributed by atoms with van der Waals surface area (Å²) in [6, 6.07) is 20.8. The van der Waals surface area contributed by atoms with Crippen molar-refractivity contribution in [2.24, 2.45) is 0 Å². The third kappa shape index (κ3) is 8.38. The van der Waals surface area contributed by atoms with E-state index in [0.29, 0.717) is 6.42 Å². The predicted molar refractivity (Wildman–Crippen MR) is 152 cm³/mol. The molecule has 3 aromatic carbocycles. The summed E-state index contributed by atoms with van der Waals surface area (Å²) in [7, 11) is -3.91. The van der Waals surface area contributed by atoms with Gasteiger partial charge in [-0.25, -0.2) is 12.8 Å². The number of carbonyl (C=O) groups excluding carboxylic acids is 2. The van der Waals surface area contributed by atoms with Gasteiger partial charge in [-0.1, -0.05) is 61.5 Å². The second-order valence-corrected chi connectivity index (χ2v) is 11.6. The summed E-state index contributed by atoms with van der Waals surface area (Å²) in [6.07, 6.45) is 1.95. The van der Waals surface area contributed by atoms with Crippen LogP contribution in [0, 0.1) is 12.7 Å². The average molecular weight is 554 g/mol. The SMILES string of the molecule is CC[C@@H](C)NC(=O)[C@@H](Cc1ccccc1)N(Cc1ccccc1C)C(=O)CN(c1ccc(F)cc1)S(C)(=O)=O. The fourth-order valence-corrected chi connectivity index (χ4v) is 5.04. The Balaban J connectivity index is 2.06. The topological polar surface area (TPSA) is 86.8 Å². The van der Waals surface area contributed by atoms with Crippen molar-refractivity contribution in [3.8, 4) is 0 Å². The van der Waals surface area contributed by atoms with Gasteiger partial charge in [0, 0.05) is 19.0 Å². The first-order chi connectivity index (χ1) is 18.5. The van der Waals surface area contributed by atoms with E-state index < -0.39 is 34.3 Å². The summed E-state index contributed by atoms with van der Waals surface area (Å²) in [5.41, 5.74) is 2.80. The Hall–Kier alpha value is -3.72. The van der Waals surface area contributed by atoms with Crippen molar-refractivity contribution in [1.82, 2.24) is 10.2 Å². The van der Waals surface area contributed by atoms with E-state index in [1.165, 1.54) is 17.0 Å². The molecule has 0 fully saturated rings. The molecule has 0 spiro atoms. The van der Waals surface area contributed by atoms with Gasteiger partial charge < -0.3 is 10.2 Å². The monoisotopic (exact) mass is 553 g/mol. The molecule has 0 unspecified atom stereocenters. The smallest absolute Gasteiger partial charge is 0.244 e. The molecule has 9 heteroatoms. The number of halogens is 1. The van der Waals surface area contributed by atoms with Gasteiger partial charge in [-0.15, -0.1) is 0 Å². The highest BCUT2D eigenvalue weighted by atomic mass is 32.2. The summed E-state index contributed by atoms with van der Waals surface area (Å²) in [6.45, 7) is 5.34. The largest absolute Gasteiger partial charge is 0.352 e. The van der Waals surface area contributed by atoms with Gasteiger partial charge in [0.05, 0.1) is 11.9 Å². The van der Waals surface area contributed by atoms with E-state index in [9.17, 15) is 22.4 Å². The van der Waals surface area contributed by atoms with Gasteiger partial charge in [0.2, 0.25) is 21.8 Å². The Morgan fingerprint density at radius 3 is 2.15 bits per heavy atom. The molecule has 0 saturated heterocycles. The fourth-order valence-electron chi connectivity index (χ4n) is 4.19. The number of nitrogens with one attached hydrogen (secondary N) is 1. The van der Waals surface area contributed by atoms with Gasteiger partial charge >= 0.3 is 0 Å². The van der Waals surface area contributed by atoms with Crippen molar-refractivity contribution in [2.45, 2.75) is 52.2 Å². The average Bonchev–Trinajstić information content (AvgIpc) is 2.90. The Labute approximate surface area is 230 Å². The van der Waals surface area contributed by atoms with E-state index >= 15 is 0 Å². The molecule has 0 bridgehead atoms. The van der Waals surface area contributed by atoms with Crippen molar-refractivity contribution in [3.63, 3.8) is 0 Å². The molecular formula is C30H36FN3O4S. The van der Waals surface area contributed by atoms with Crippen molar-refractivity contribution in [3.05, 3.63) is 101 Å². The normalized spacial score (nSPS) is 12.8. The molecule has 0 saturated carbocycles. The Morgan fingerprint density at radius 1 is 0.949 bits per heavy atom. The van der Waals surface area contributed by atoms with Crippen LogP contribution < -0.4 is 9.62 Å². The number of sulfonamides is 1. The Morgan fingerprint density at radius 2 is 1.56 bits per heavy atom.